The highest BCUT2D eigenvalue weighted by Gasteiger charge is 2.31. The molecule has 0 bridgehead atoms. The molecule has 2 rings (SSSR count). The van der Waals surface area contributed by atoms with E-state index in [-0.39, 0.29) is 30.5 Å². The van der Waals surface area contributed by atoms with Crippen LogP contribution < -0.4 is 5.73 Å². The van der Waals surface area contributed by atoms with Crippen molar-refractivity contribution in [2.24, 2.45) is 12.8 Å². The van der Waals surface area contributed by atoms with Crippen molar-refractivity contribution in [2.75, 3.05) is 20.2 Å². The first-order chi connectivity index (χ1) is 8.67. The lowest BCUT2D eigenvalue weighted by Gasteiger charge is -2.38. The zero-order chi connectivity index (χ0) is 13.1. The summed E-state index contributed by atoms with van der Waals surface area (Å²) in [6, 6.07) is 3.80. The van der Waals surface area contributed by atoms with Crippen molar-refractivity contribution in [2.45, 2.75) is 25.0 Å². The second-order valence-corrected chi connectivity index (χ2v) is 4.77. The minimum Gasteiger partial charge on any atom is -0.381 e. The predicted octanol–water partition coefficient (Wildman–Crippen LogP) is 1.03. The van der Waals surface area contributed by atoms with Crippen molar-refractivity contribution in [3.8, 4) is 0 Å². The number of likely N-dealkylation sites (tertiary alicyclic amines) is 1. The van der Waals surface area contributed by atoms with Crippen LogP contribution in [0.5, 0.6) is 0 Å². The number of ether oxygens (including phenoxy) is 1. The van der Waals surface area contributed by atoms with Gasteiger partial charge in [0.15, 0.2) is 0 Å². The first-order valence-corrected chi connectivity index (χ1v) is 6.32. The number of halogens is 1. The van der Waals surface area contributed by atoms with E-state index >= 15 is 0 Å². The molecule has 0 saturated carbocycles. The van der Waals surface area contributed by atoms with Gasteiger partial charge in [-0.25, -0.2) is 0 Å². The molecular formula is C13H22ClN3O2. The highest BCUT2D eigenvalue weighted by molar-refractivity contribution is 5.93. The molecule has 2 N–H and O–H groups in total. The van der Waals surface area contributed by atoms with Crippen LogP contribution in [0.15, 0.2) is 18.3 Å². The van der Waals surface area contributed by atoms with Crippen LogP contribution in [-0.4, -0.2) is 47.7 Å². The lowest BCUT2D eigenvalue weighted by molar-refractivity contribution is 0.0134. The molecule has 2 atom stereocenters. The Morgan fingerprint density at radius 2 is 2.32 bits per heavy atom. The number of nitrogens with zero attached hydrogens (tertiary/aromatic N) is 2. The predicted molar refractivity (Wildman–Crippen MR) is 76.6 cm³/mol. The number of hydrogen-bond acceptors (Lipinski definition) is 3. The Bertz CT molecular complexity index is 422. The minimum atomic E-state index is 0. The van der Waals surface area contributed by atoms with Gasteiger partial charge < -0.3 is 19.9 Å². The van der Waals surface area contributed by atoms with E-state index in [2.05, 4.69) is 0 Å². The number of nitrogens with two attached hydrogens (primary N) is 1. The quantitative estimate of drug-likeness (QED) is 0.903. The summed E-state index contributed by atoms with van der Waals surface area (Å²) < 4.78 is 7.21. The van der Waals surface area contributed by atoms with Gasteiger partial charge >= 0.3 is 0 Å². The molecule has 1 aliphatic rings. The van der Waals surface area contributed by atoms with Gasteiger partial charge in [-0.15, -0.1) is 12.4 Å². The number of amides is 1. The smallest absolute Gasteiger partial charge is 0.270 e. The van der Waals surface area contributed by atoms with E-state index < -0.39 is 0 Å². The van der Waals surface area contributed by atoms with E-state index in [0.717, 1.165) is 12.8 Å². The molecule has 5 nitrogen and oxygen atoms in total. The Kier molecular flexibility index (Phi) is 5.85. The standard InChI is InChI=1S/C13H21N3O2.ClH/c1-15-6-3-4-12(15)13(17)16-7-5-11(18-2)8-10(16)9-14;/h3-4,6,10-11H,5,7-9,14H2,1-2H3;1H. The van der Waals surface area contributed by atoms with Gasteiger partial charge in [0, 0.05) is 39.5 Å². The summed E-state index contributed by atoms with van der Waals surface area (Å²) >= 11 is 0. The van der Waals surface area contributed by atoms with E-state index in [1.807, 2.05) is 34.8 Å². The van der Waals surface area contributed by atoms with Crippen molar-refractivity contribution in [1.82, 2.24) is 9.47 Å². The van der Waals surface area contributed by atoms with Gasteiger partial charge in [0.1, 0.15) is 5.69 Å². The first-order valence-electron chi connectivity index (χ1n) is 6.32. The number of carbonyl (C=O) groups is 1. The summed E-state index contributed by atoms with van der Waals surface area (Å²) in [5.74, 6) is 0.0625. The second-order valence-electron chi connectivity index (χ2n) is 4.77. The maximum atomic E-state index is 12.5. The average Bonchev–Trinajstić information content (AvgIpc) is 2.83. The molecule has 19 heavy (non-hydrogen) atoms. The molecule has 1 amide bonds. The van der Waals surface area contributed by atoms with Crippen molar-refractivity contribution in [3.05, 3.63) is 24.0 Å². The van der Waals surface area contributed by atoms with Crippen LogP contribution in [0.1, 0.15) is 23.3 Å². The number of carbonyl (C=O) groups excluding carboxylic acids is 1. The van der Waals surface area contributed by atoms with Crippen molar-refractivity contribution in [1.29, 1.82) is 0 Å². The Morgan fingerprint density at radius 1 is 1.58 bits per heavy atom. The van der Waals surface area contributed by atoms with Gasteiger partial charge in [0.2, 0.25) is 0 Å². The molecule has 1 aromatic rings. The van der Waals surface area contributed by atoms with Crippen LogP contribution in [0.25, 0.3) is 0 Å². The normalized spacial score (nSPS) is 23.0. The monoisotopic (exact) mass is 287 g/mol. The molecule has 2 unspecified atom stereocenters. The summed E-state index contributed by atoms with van der Waals surface area (Å²) in [4.78, 5) is 14.3. The molecule has 0 aromatic carbocycles. The number of piperidine rings is 1. The third kappa shape index (κ3) is 3.29. The van der Waals surface area contributed by atoms with Crippen LogP contribution in [0, 0.1) is 0 Å². The summed E-state index contributed by atoms with van der Waals surface area (Å²) in [5, 5.41) is 0. The number of rotatable bonds is 3. The molecular weight excluding hydrogens is 266 g/mol. The average molecular weight is 288 g/mol. The van der Waals surface area contributed by atoms with Crippen LogP contribution in [-0.2, 0) is 11.8 Å². The lowest BCUT2D eigenvalue weighted by Crippen LogP contribution is -2.51. The molecule has 1 aliphatic heterocycles. The third-order valence-corrected chi connectivity index (χ3v) is 3.70. The van der Waals surface area contributed by atoms with Gasteiger partial charge in [-0.05, 0) is 25.0 Å². The van der Waals surface area contributed by atoms with Crippen LogP contribution >= 0.6 is 12.4 Å². The van der Waals surface area contributed by atoms with E-state index in [4.69, 9.17) is 10.5 Å². The molecule has 1 saturated heterocycles. The summed E-state index contributed by atoms with van der Waals surface area (Å²) in [5.41, 5.74) is 6.50. The van der Waals surface area contributed by atoms with E-state index in [0.29, 0.717) is 18.8 Å². The first kappa shape index (κ1) is 16.0. The molecule has 0 radical (unpaired) electrons. The van der Waals surface area contributed by atoms with Crippen LogP contribution in [0.3, 0.4) is 0 Å². The van der Waals surface area contributed by atoms with Crippen molar-refractivity contribution >= 4 is 18.3 Å². The highest BCUT2D eigenvalue weighted by Crippen LogP contribution is 2.21. The molecule has 108 valence electrons. The van der Waals surface area contributed by atoms with E-state index in [1.54, 1.807) is 7.11 Å². The van der Waals surface area contributed by atoms with Crippen molar-refractivity contribution < 1.29 is 9.53 Å². The highest BCUT2D eigenvalue weighted by atomic mass is 35.5. The molecule has 1 aromatic heterocycles. The summed E-state index contributed by atoms with van der Waals surface area (Å²) in [7, 11) is 3.60. The molecule has 0 aliphatic carbocycles. The zero-order valence-electron chi connectivity index (χ0n) is 11.4. The fraction of sp³-hybridized carbons (Fsp3) is 0.615. The zero-order valence-corrected chi connectivity index (χ0v) is 12.2. The fourth-order valence-electron chi connectivity index (χ4n) is 2.55. The van der Waals surface area contributed by atoms with Gasteiger partial charge in [-0.1, -0.05) is 0 Å². The largest absolute Gasteiger partial charge is 0.381 e. The molecule has 6 heteroatoms. The molecule has 2 heterocycles. The SMILES string of the molecule is COC1CCN(C(=O)c2cccn2C)C(CN)C1.Cl. The number of aryl methyl sites for hydroxylation is 1. The summed E-state index contributed by atoms with van der Waals surface area (Å²) in [6.45, 7) is 1.19. The maximum absolute atomic E-state index is 12.5. The second kappa shape index (κ2) is 6.93. The Balaban J connectivity index is 0.00000180. The van der Waals surface area contributed by atoms with Gasteiger partial charge in [-0.3, -0.25) is 4.79 Å². The fourth-order valence-corrected chi connectivity index (χ4v) is 2.55. The Morgan fingerprint density at radius 3 is 2.84 bits per heavy atom. The number of methoxy groups -OCH3 is 1. The van der Waals surface area contributed by atoms with Gasteiger partial charge in [-0.2, -0.15) is 0 Å². The summed E-state index contributed by atoms with van der Waals surface area (Å²) in [6.07, 6.45) is 3.80. The number of aromatic nitrogens is 1. The van der Waals surface area contributed by atoms with Crippen LogP contribution in [0.2, 0.25) is 0 Å². The third-order valence-electron chi connectivity index (χ3n) is 3.70. The Hall–Kier alpha value is -1.04. The van der Waals surface area contributed by atoms with Gasteiger partial charge in [0.05, 0.1) is 6.10 Å². The topological polar surface area (TPSA) is 60.5 Å². The van der Waals surface area contributed by atoms with Crippen molar-refractivity contribution in [3.63, 3.8) is 0 Å². The lowest BCUT2D eigenvalue weighted by atomic mass is 9.99. The maximum Gasteiger partial charge on any atom is 0.270 e. The van der Waals surface area contributed by atoms with Gasteiger partial charge in [0.25, 0.3) is 5.91 Å². The molecule has 0 spiro atoms. The Labute approximate surface area is 120 Å². The van der Waals surface area contributed by atoms with E-state index in [1.165, 1.54) is 0 Å². The molecule has 1 fully saturated rings. The van der Waals surface area contributed by atoms with Crippen LogP contribution in [0.4, 0.5) is 0 Å². The van der Waals surface area contributed by atoms with E-state index in [9.17, 15) is 4.79 Å². The number of hydrogen-bond donors (Lipinski definition) is 1. The minimum absolute atomic E-state index is 0.